The van der Waals surface area contributed by atoms with Crippen LogP contribution in [0, 0.1) is 18.8 Å². The van der Waals surface area contributed by atoms with E-state index in [2.05, 4.69) is 55.6 Å². The van der Waals surface area contributed by atoms with E-state index in [9.17, 15) is 0 Å². The Kier molecular flexibility index (Phi) is 5.38. The zero-order chi connectivity index (χ0) is 24.5. The van der Waals surface area contributed by atoms with E-state index in [1.54, 1.807) is 22.3 Å². The van der Waals surface area contributed by atoms with Gasteiger partial charge in [0.1, 0.15) is 0 Å². The second-order valence-corrected chi connectivity index (χ2v) is 13.5. The summed E-state index contributed by atoms with van der Waals surface area (Å²) < 4.78 is 0. The molecule has 4 unspecified atom stereocenters. The van der Waals surface area contributed by atoms with Crippen LogP contribution < -0.4 is 0 Å². The number of hydrogen-bond donors (Lipinski definition) is 0. The van der Waals surface area contributed by atoms with Crippen molar-refractivity contribution >= 4 is 0 Å². The lowest BCUT2D eigenvalue weighted by atomic mass is 9.67. The maximum atomic E-state index is 5.07. The molecule has 1 heteroatoms. The van der Waals surface area contributed by atoms with Crippen molar-refractivity contribution < 1.29 is 0 Å². The fraction of sp³-hybridized carbons (Fsp3) is 0.528. The van der Waals surface area contributed by atoms with Crippen molar-refractivity contribution in [2.75, 3.05) is 0 Å². The van der Waals surface area contributed by atoms with Gasteiger partial charge in [-0.25, -0.2) is 0 Å². The molecule has 0 radical (unpaired) electrons. The molecule has 6 aliphatic rings. The van der Waals surface area contributed by atoms with E-state index in [0.717, 1.165) is 41.2 Å². The molecule has 2 fully saturated rings. The molecule has 0 spiro atoms. The van der Waals surface area contributed by atoms with Gasteiger partial charge in [0.2, 0.25) is 0 Å². The minimum atomic E-state index is 0.759. The fourth-order valence-corrected chi connectivity index (χ4v) is 9.57. The summed E-state index contributed by atoms with van der Waals surface area (Å²) in [5.41, 5.74) is 13.2. The summed E-state index contributed by atoms with van der Waals surface area (Å²) in [4.78, 5) is 5.07. The van der Waals surface area contributed by atoms with E-state index in [1.807, 2.05) is 0 Å². The van der Waals surface area contributed by atoms with E-state index in [4.69, 9.17) is 4.98 Å². The Morgan fingerprint density at radius 2 is 1.16 bits per heavy atom. The van der Waals surface area contributed by atoms with Crippen LogP contribution in [0.2, 0.25) is 0 Å². The minimum Gasteiger partial charge on any atom is -0.256 e. The number of pyridine rings is 1. The van der Waals surface area contributed by atoms with Gasteiger partial charge in [0.05, 0.1) is 5.69 Å². The molecule has 1 heterocycles. The third-order valence-electron chi connectivity index (χ3n) is 11.3. The van der Waals surface area contributed by atoms with Crippen molar-refractivity contribution in [2.45, 2.75) is 108 Å². The molecule has 0 N–H and O–H groups in total. The molecule has 1 aromatic heterocycles. The summed E-state index contributed by atoms with van der Waals surface area (Å²) in [6.45, 7) is 2.29. The molecule has 4 atom stereocenters. The summed E-state index contributed by atoms with van der Waals surface area (Å²) in [7, 11) is 0. The van der Waals surface area contributed by atoms with E-state index in [0.29, 0.717) is 0 Å². The molecule has 9 rings (SSSR count). The Labute approximate surface area is 223 Å². The summed E-state index contributed by atoms with van der Waals surface area (Å²) in [5, 5.41) is 0. The van der Waals surface area contributed by atoms with Gasteiger partial charge in [0.15, 0.2) is 0 Å². The van der Waals surface area contributed by atoms with Crippen LogP contribution in [0.1, 0.15) is 129 Å². The van der Waals surface area contributed by atoms with Crippen molar-refractivity contribution in [3.63, 3.8) is 0 Å². The SMILES string of the molecule is Cc1cc(-c2ccc3c(c2)C2CCCCCC3CC2)ncc1-c1ccc2c(c1)C1CC3CC(CC2C3)C1. The van der Waals surface area contributed by atoms with Crippen LogP contribution in [0.3, 0.4) is 0 Å². The first-order valence-corrected chi connectivity index (χ1v) is 15.4. The van der Waals surface area contributed by atoms with Gasteiger partial charge < -0.3 is 0 Å². The highest BCUT2D eigenvalue weighted by Crippen LogP contribution is 2.56. The van der Waals surface area contributed by atoms with Crippen LogP contribution in [0.5, 0.6) is 0 Å². The predicted molar refractivity (Wildman–Crippen MR) is 153 cm³/mol. The zero-order valence-corrected chi connectivity index (χ0v) is 22.5. The first-order valence-electron chi connectivity index (χ1n) is 15.4. The molecule has 2 saturated carbocycles. The molecule has 2 aromatic carbocycles. The smallest absolute Gasteiger partial charge is 0.0705 e. The van der Waals surface area contributed by atoms with Gasteiger partial charge in [0.25, 0.3) is 0 Å². The third kappa shape index (κ3) is 3.83. The van der Waals surface area contributed by atoms with Crippen molar-refractivity contribution in [1.29, 1.82) is 0 Å². The second kappa shape index (κ2) is 8.82. The monoisotopic (exact) mass is 487 g/mol. The minimum absolute atomic E-state index is 0.759. The molecule has 0 amide bonds. The third-order valence-corrected chi connectivity index (χ3v) is 11.3. The summed E-state index contributed by atoms with van der Waals surface area (Å²) >= 11 is 0. The van der Waals surface area contributed by atoms with E-state index in [-0.39, 0.29) is 0 Å². The molecular weight excluding hydrogens is 446 g/mol. The summed E-state index contributed by atoms with van der Waals surface area (Å²) in [5.74, 6) is 5.11. The molecule has 1 nitrogen and oxygen atoms in total. The number of aryl methyl sites for hydroxylation is 1. The molecule has 3 aromatic rings. The van der Waals surface area contributed by atoms with Crippen molar-refractivity contribution in [2.24, 2.45) is 11.8 Å². The highest BCUT2D eigenvalue weighted by molar-refractivity contribution is 5.72. The number of hydrogen-bond acceptors (Lipinski definition) is 1. The van der Waals surface area contributed by atoms with Crippen LogP contribution in [0.15, 0.2) is 48.7 Å². The number of benzene rings is 2. The van der Waals surface area contributed by atoms with Crippen LogP contribution in [-0.4, -0.2) is 4.98 Å². The summed E-state index contributed by atoms with van der Waals surface area (Å²) in [6.07, 6.45) is 19.2. The molecule has 6 aliphatic carbocycles. The predicted octanol–water partition coefficient (Wildman–Crippen LogP) is 10.0. The quantitative estimate of drug-likeness (QED) is 0.350. The van der Waals surface area contributed by atoms with E-state index >= 15 is 0 Å². The molecule has 0 saturated heterocycles. The Morgan fingerprint density at radius 3 is 1.89 bits per heavy atom. The van der Waals surface area contributed by atoms with Crippen molar-refractivity contribution in [3.8, 4) is 22.4 Å². The normalized spacial score (nSPS) is 31.7. The fourth-order valence-electron chi connectivity index (χ4n) is 9.57. The standard InChI is InChI=1S/C36H41N/c1-22-13-36(28-10-12-31-25-5-3-2-4-6-26(8-7-25)33(31)20-28)37-21-35(22)27-9-11-32-29-15-23-14-24(16-29)18-30(17-23)34(32)19-27/h9-13,19-21,23-26,29-30H,2-8,14-18H2,1H3. The number of aromatic nitrogens is 1. The summed E-state index contributed by atoms with van der Waals surface area (Å²) in [6, 6.07) is 17.2. The first kappa shape index (κ1) is 22.6. The lowest BCUT2D eigenvalue weighted by molar-refractivity contribution is 0.166. The van der Waals surface area contributed by atoms with E-state index in [1.165, 1.54) is 99.3 Å². The molecule has 6 bridgehead atoms. The highest BCUT2D eigenvalue weighted by atomic mass is 14.7. The highest BCUT2D eigenvalue weighted by Gasteiger charge is 2.42. The van der Waals surface area contributed by atoms with Gasteiger partial charge in [-0.2, -0.15) is 0 Å². The van der Waals surface area contributed by atoms with E-state index < -0.39 is 0 Å². The van der Waals surface area contributed by atoms with Crippen LogP contribution in [0.25, 0.3) is 22.4 Å². The molecule has 190 valence electrons. The van der Waals surface area contributed by atoms with Gasteiger partial charge in [-0.15, -0.1) is 0 Å². The van der Waals surface area contributed by atoms with Crippen LogP contribution in [-0.2, 0) is 0 Å². The van der Waals surface area contributed by atoms with Gasteiger partial charge in [-0.3, -0.25) is 4.98 Å². The van der Waals surface area contributed by atoms with Crippen molar-refractivity contribution in [3.05, 3.63) is 76.5 Å². The average molecular weight is 488 g/mol. The Bertz CT molecular complexity index is 1340. The first-order chi connectivity index (χ1) is 18.2. The largest absolute Gasteiger partial charge is 0.256 e. The number of rotatable bonds is 2. The van der Waals surface area contributed by atoms with Gasteiger partial charge in [0, 0.05) is 17.3 Å². The molecule has 37 heavy (non-hydrogen) atoms. The lowest BCUT2D eigenvalue weighted by Crippen LogP contribution is -2.25. The van der Waals surface area contributed by atoms with Gasteiger partial charge in [-0.1, -0.05) is 49.6 Å². The maximum Gasteiger partial charge on any atom is 0.0705 e. The van der Waals surface area contributed by atoms with Gasteiger partial charge >= 0.3 is 0 Å². The topological polar surface area (TPSA) is 12.9 Å². The molecule has 0 aliphatic heterocycles. The van der Waals surface area contributed by atoms with Crippen LogP contribution >= 0.6 is 0 Å². The molecular formula is C36H41N. The Hall–Kier alpha value is -2.41. The van der Waals surface area contributed by atoms with Gasteiger partial charge in [-0.05, 0) is 146 Å². The average Bonchev–Trinajstić information content (AvgIpc) is 3.01. The van der Waals surface area contributed by atoms with Crippen molar-refractivity contribution in [1.82, 2.24) is 4.98 Å². The lowest BCUT2D eigenvalue weighted by Gasteiger charge is -2.38. The van der Waals surface area contributed by atoms with Crippen LogP contribution in [0.4, 0.5) is 0 Å². The second-order valence-electron chi connectivity index (χ2n) is 13.5. The zero-order valence-electron chi connectivity index (χ0n) is 22.5. The number of nitrogens with zero attached hydrogens (tertiary/aromatic N) is 1. The Balaban J connectivity index is 1.13. The maximum absolute atomic E-state index is 5.07. The Morgan fingerprint density at radius 1 is 0.568 bits per heavy atom.